The van der Waals surface area contributed by atoms with E-state index in [0.717, 1.165) is 35.5 Å². The van der Waals surface area contributed by atoms with E-state index in [2.05, 4.69) is 10.00 Å². The largest absolute Gasteiger partial charge is 0.464 e. The van der Waals surface area contributed by atoms with Crippen LogP contribution >= 0.6 is 0 Å². The lowest BCUT2D eigenvalue weighted by atomic mass is 9.96. The Labute approximate surface area is 152 Å². The van der Waals surface area contributed by atoms with Crippen LogP contribution in [0.25, 0.3) is 11.3 Å². The van der Waals surface area contributed by atoms with Crippen LogP contribution in [0.3, 0.4) is 0 Å². The van der Waals surface area contributed by atoms with Gasteiger partial charge in [-0.3, -0.25) is 9.58 Å². The normalized spacial score (nSPS) is 23.9. The zero-order valence-corrected chi connectivity index (χ0v) is 15.2. The fourth-order valence-electron chi connectivity index (χ4n) is 4.26. The van der Waals surface area contributed by atoms with Gasteiger partial charge in [0.2, 0.25) is 0 Å². The fourth-order valence-corrected chi connectivity index (χ4v) is 6.46. The van der Waals surface area contributed by atoms with Crippen molar-refractivity contribution in [2.24, 2.45) is 7.05 Å². The van der Waals surface area contributed by atoms with Gasteiger partial charge in [0.15, 0.2) is 9.84 Å². The van der Waals surface area contributed by atoms with Gasteiger partial charge in [0.05, 0.1) is 22.6 Å². The Morgan fingerprint density at radius 3 is 2.88 bits per heavy atom. The first kappa shape index (κ1) is 15.8. The standard InChI is InChI=1S/C19H19N3O3S/c1-21-9-13(8-20-21)10-22-11-16-15-7-14(17-3-2-6-25-17)4-5-18(15)26(23,24)19(16)12-22/h2-9,16,19H,10-12H2,1H3/t16-,19-/m1/s1. The quantitative estimate of drug-likeness (QED) is 0.709. The van der Waals surface area contributed by atoms with E-state index in [-0.39, 0.29) is 11.2 Å². The summed E-state index contributed by atoms with van der Waals surface area (Å²) in [5, 5.41) is 3.84. The van der Waals surface area contributed by atoms with E-state index in [9.17, 15) is 8.42 Å². The molecule has 0 amide bonds. The van der Waals surface area contributed by atoms with Crippen LogP contribution in [0.4, 0.5) is 0 Å². The molecule has 2 aliphatic rings. The minimum Gasteiger partial charge on any atom is -0.464 e. The smallest absolute Gasteiger partial charge is 0.183 e. The number of hydrogen-bond acceptors (Lipinski definition) is 5. The molecular formula is C19H19N3O3S. The highest BCUT2D eigenvalue weighted by Gasteiger charge is 2.50. The van der Waals surface area contributed by atoms with E-state index in [1.165, 1.54) is 0 Å². The van der Waals surface area contributed by atoms with Crippen molar-refractivity contribution in [2.75, 3.05) is 13.1 Å². The molecule has 0 N–H and O–H groups in total. The second-order valence-corrected chi connectivity index (χ2v) is 9.27. The predicted octanol–water partition coefficient (Wildman–Crippen LogP) is 2.44. The number of hydrogen-bond donors (Lipinski definition) is 0. The van der Waals surface area contributed by atoms with Crippen molar-refractivity contribution in [1.29, 1.82) is 0 Å². The highest BCUT2D eigenvalue weighted by Crippen LogP contribution is 2.46. The van der Waals surface area contributed by atoms with Crippen molar-refractivity contribution in [3.63, 3.8) is 0 Å². The molecule has 0 bridgehead atoms. The molecule has 3 aromatic rings. The Bertz CT molecular complexity index is 1070. The molecule has 26 heavy (non-hydrogen) atoms. The van der Waals surface area contributed by atoms with Crippen molar-refractivity contribution in [1.82, 2.24) is 14.7 Å². The molecule has 7 heteroatoms. The third-order valence-electron chi connectivity index (χ3n) is 5.43. The number of furan rings is 1. The van der Waals surface area contributed by atoms with Crippen LogP contribution in [0.2, 0.25) is 0 Å². The van der Waals surface area contributed by atoms with E-state index in [1.807, 2.05) is 43.7 Å². The molecule has 134 valence electrons. The van der Waals surface area contributed by atoms with Crippen molar-refractivity contribution >= 4 is 9.84 Å². The summed E-state index contributed by atoms with van der Waals surface area (Å²) < 4.78 is 33.2. The van der Waals surface area contributed by atoms with Gasteiger partial charge in [-0.1, -0.05) is 0 Å². The molecule has 0 spiro atoms. The van der Waals surface area contributed by atoms with Gasteiger partial charge in [-0.05, 0) is 35.9 Å². The van der Waals surface area contributed by atoms with Gasteiger partial charge in [-0.15, -0.1) is 0 Å². The second-order valence-electron chi connectivity index (χ2n) is 7.14. The molecule has 1 fully saturated rings. The van der Waals surface area contributed by atoms with Crippen molar-refractivity contribution in [3.8, 4) is 11.3 Å². The molecule has 4 heterocycles. The van der Waals surface area contributed by atoms with Gasteiger partial charge in [0.1, 0.15) is 5.76 Å². The van der Waals surface area contributed by atoms with Crippen molar-refractivity contribution in [2.45, 2.75) is 22.6 Å². The molecule has 5 rings (SSSR count). The second kappa shape index (κ2) is 5.56. The maximum atomic E-state index is 13.0. The van der Waals surface area contributed by atoms with Gasteiger partial charge in [0, 0.05) is 49.9 Å². The highest BCUT2D eigenvalue weighted by atomic mass is 32.2. The number of aromatic nitrogens is 2. The van der Waals surface area contributed by atoms with E-state index in [0.29, 0.717) is 11.4 Å². The first-order chi connectivity index (χ1) is 12.5. The summed E-state index contributed by atoms with van der Waals surface area (Å²) in [6.45, 7) is 2.03. The van der Waals surface area contributed by atoms with E-state index in [1.54, 1.807) is 17.0 Å². The SMILES string of the molecule is Cn1cc(CN2C[C@@H]3c4cc(-c5ccco5)ccc4S(=O)(=O)[C@@H]3C2)cn1. The summed E-state index contributed by atoms with van der Waals surface area (Å²) in [4.78, 5) is 2.70. The highest BCUT2D eigenvalue weighted by molar-refractivity contribution is 7.92. The molecule has 2 aromatic heterocycles. The zero-order chi connectivity index (χ0) is 17.9. The molecule has 0 radical (unpaired) electrons. The number of sulfone groups is 1. The summed E-state index contributed by atoms with van der Waals surface area (Å²) in [6.07, 6.45) is 5.45. The maximum Gasteiger partial charge on any atom is 0.183 e. The molecule has 6 nitrogen and oxygen atoms in total. The minimum atomic E-state index is -3.28. The van der Waals surface area contributed by atoms with E-state index in [4.69, 9.17) is 4.42 Å². The molecule has 0 unspecified atom stereocenters. The van der Waals surface area contributed by atoms with E-state index >= 15 is 0 Å². The summed E-state index contributed by atoms with van der Waals surface area (Å²) >= 11 is 0. The van der Waals surface area contributed by atoms with Gasteiger partial charge >= 0.3 is 0 Å². The lowest BCUT2D eigenvalue weighted by Gasteiger charge is -2.16. The Morgan fingerprint density at radius 2 is 2.15 bits per heavy atom. The first-order valence-electron chi connectivity index (χ1n) is 8.64. The third kappa shape index (κ3) is 2.34. The van der Waals surface area contributed by atoms with Crippen LogP contribution in [-0.4, -0.2) is 41.4 Å². The molecule has 2 aliphatic heterocycles. The lowest BCUT2D eigenvalue weighted by Crippen LogP contribution is -2.25. The van der Waals surface area contributed by atoms with Crippen LogP contribution in [-0.2, 0) is 23.4 Å². The molecule has 2 atom stereocenters. The number of rotatable bonds is 3. The number of likely N-dealkylation sites (tertiary alicyclic amines) is 1. The van der Waals surface area contributed by atoms with Gasteiger partial charge in [-0.25, -0.2) is 8.42 Å². The average molecular weight is 369 g/mol. The average Bonchev–Trinajstić information content (AvgIpc) is 3.37. The van der Waals surface area contributed by atoms with Gasteiger partial charge < -0.3 is 4.42 Å². The predicted molar refractivity (Wildman–Crippen MR) is 96.3 cm³/mol. The van der Waals surface area contributed by atoms with Gasteiger partial charge in [0.25, 0.3) is 0 Å². The lowest BCUT2D eigenvalue weighted by molar-refractivity contribution is 0.325. The summed E-state index contributed by atoms with van der Waals surface area (Å²) in [7, 11) is -1.39. The zero-order valence-electron chi connectivity index (χ0n) is 14.4. The summed E-state index contributed by atoms with van der Waals surface area (Å²) in [6, 6.07) is 9.30. The van der Waals surface area contributed by atoms with Crippen LogP contribution < -0.4 is 0 Å². The number of fused-ring (bicyclic) bond motifs is 3. The van der Waals surface area contributed by atoms with Crippen LogP contribution in [0.1, 0.15) is 17.0 Å². The topological polar surface area (TPSA) is 68.3 Å². The molecule has 0 saturated carbocycles. The van der Waals surface area contributed by atoms with Crippen LogP contribution in [0.15, 0.2) is 58.3 Å². The van der Waals surface area contributed by atoms with E-state index < -0.39 is 9.84 Å². The molecule has 0 aliphatic carbocycles. The van der Waals surface area contributed by atoms with Crippen LogP contribution in [0, 0.1) is 0 Å². The molecular weight excluding hydrogens is 350 g/mol. The monoisotopic (exact) mass is 369 g/mol. The Balaban J connectivity index is 1.48. The number of nitrogens with zero attached hydrogens (tertiary/aromatic N) is 3. The Hall–Kier alpha value is -2.38. The first-order valence-corrected chi connectivity index (χ1v) is 10.2. The van der Waals surface area contributed by atoms with Gasteiger partial charge in [-0.2, -0.15) is 5.10 Å². The Morgan fingerprint density at radius 1 is 1.27 bits per heavy atom. The molecule has 1 aromatic carbocycles. The number of benzene rings is 1. The minimum absolute atomic E-state index is 0.0154. The molecule has 1 saturated heterocycles. The maximum absolute atomic E-state index is 13.0. The number of aryl methyl sites for hydroxylation is 1. The summed E-state index contributed by atoms with van der Waals surface area (Å²) in [5.74, 6) is 0.778. The van der Waals surface area contributed by atoms with Crippen molar-refractivity contribution < 1.29 is 12.8 Å². The van der Waals surface area contributed by atoms with Crippen LogP contribution in [0.5, 0.6) is 0 Å². The third-order valence-corrected chi connectivity index (χ3v) is 7.69. The fraction of sp³-hybridized carbons (Fsp3) is 0.316. The Kier molecular flexibility index (Phi) is 3.39. The van der Waals surface area contributed by atoms with Crippen molar-refractivity contribution in [3.05, 3.63) is 60.1 Å². The summed E-state index contributed by atoms with van der Waals surface area (Å²) in [5.41, 5.74) is 2.96.